The summed E-state index contributed by atoms with van der Waals surface area (Å²) in [5.41, 5.74) is 10.9. The van der Waals surface area contributed by atoms with Gasteiger partial charge in [0.2, 0.25) is 0 Å². The molecule has 53 heavy (non-hydrogen) atoms. The van der Waals surface area contributed by atoms with Crippen LogP contribution in [0.5, 0.6) is 0 Å². The molecule has 0 spiro atoms. The summed E-state index contributed by atoms with van der Waals surface area (Å²) in [6.07, 6.45) is 0. The number of hydrogen-bond acceptors (Lipinski definition) is 3. The number of hydrogen-bond donors (Lipinski definition) is 0. The minimum absolute atomic E-state index is 0.964. The summed E-state index contributed by atoms with van der Waals surface area (Å²) in [4.78, 5) is 10.2. The lowest BCUT2D eigenvalue weighted by atomic mass is 9.92. The van der Waals surface area contributed by atoms with Gasteiger partial charge < -0.3 is 9.80 Å². The van der Waals surface area contributed by atoms with Gasteiger partial charge in [0.25, 0.3) is 0 Å². The molecule has 9 aromatic carbocycles. The van der Waals surface area contributed by atoms with E-state index in [9.17, 15) is 0 Å². The monoisotopic (exact) mass is 674 g/mol. The first-order valence-corrected chi connectivity index (χ1v) is 18.1. The minimum atomic E-state index is 0.964. The molecule has 0 N–H and O–H groups in total. The second kappa shape index (κ2) is 10.7. The molecule has 0 aliphatic carbocycles. The SMILES string of the molecule is c1ccc(N2c3ccccc3N(c3ccc4c(c3)nc3c5ccccc5c5ccccc5n43)c3cc4c5ccccc5c5ccccc5c4cc32)cc1. The van der Waals surface area contributed by atoms with E-state index in [1.165, 1.54) is 43.1 Å². The van der Waals surface area contributed by atoms with Crippen LogP contribution in [-0.2, 0) is 0 Å². The number of pyridine rings is 1. The second-order valence-electron chi connectivity index (χ2n) is 14.0. The van der Waals surface area contributed by atoms with Crippen molar-refractivity contribution in [3.8, 4) is 0 Å². The van der Waals surface area contributed by atoms with Crippen LogP contribution in [0.25, 0.3) is 70.7 Å². The Hall–Kier alpha value is -7.17. The number of rotatable bonds is 2. The van der Waals surface area contributed by atoms with Crippen LogP contribution in [0.2, 0.25) is 0 Å². The van der Waals surface area contributed by atoms with Gasteiger partial charge in [0.15, 0.2) is 0 Å². The van der Waals surface area contributed by atoms with Gasteiger partial charge in [-0.1, -0.05) is 121 Å². The van der Waals surface area contributed by atoms with E-state index in [4.69, 9.17) is 4.98 Å². The van der Waals surface area contributed by atoms with Crippen LogP contribution in [-0.4, -0.2) is 9.38 Å². The highest BCUT2D eigenvalue weighted by atomic mass is 15.3. The number of para-hydroxylation sites is 4. The van der Waals surface area contributed by atoms with Crippen LogP contribution < -0.4 is 9.80 Å². The van der Waals surface area contributed by atoms with Crippen LogP contribution in [0.1, 0.15) is 0 Å². The zero-order chi connectivity index (χ0) is 34.6. The van der Waals surface area contributed by atoms with Crippen LogP contribution >= 0.6 is 0 Å². The molecule has 0 saturated heterocycles. The molecule has 0 amide bonds. The first-order chi connectivity index (χ1) is 26.3. The van der Waals surface area contributed by atoms with Gasteiger partial charge in [-0.15, -0.1) is 0 Å². The number of anilines is 6. The van der Waals surface area contributed by atoms with Gasteiger partial charge in [-0.3, -0.25) is 4.40 Å². The second-order valence-corrected chi connectivity index (χ2v) is 14.0. The predicted octanol–water partition coefficient (Wildman–Crippen LogP) is 13.5. The van der Waals surface area contributed by atoms with Gasteiger partial charge >= 0.3 is 0 Å². The lowest BCUT2D eigenvalue weighted by Gasteiger charge is -2.40. The minimum Gasteiger partial charge on any atom is -0.306 e. The zero-order valence-corrected chi connectivity index (χ0v) is 28.6. The molecule has 1 aliphatic heterocycles. The summed E-state index contributed by atoms with van der Waals surface area (Å²) in [7, 11) is 0. The zero-order valence-electron chi connectivity index (χ0n) is 28.6. The summed E-state index contributed by atoms with van der Waals surface area (Å²) < 4.78 is 2.33. The third-order valence-corrected chi connectivity index (χ3v) is 11.2. The van der Waals surface area contributed by atoms with Crippen molar-refractivity contribution in [3.05, 3.63) is 182 Å². The first kappa shape index (κ1) is 28.5. The van der Waals surface area contributed by atoms with E-state index in [2.05, 4.69) is 196 Å². The Kier molecular flexibility index (Phi) is 5.74. The van der Waals surface area contributed by atoms with E-state index in [-0.39, 0.29) is 0 Å². The van der Waals surface area contributed by atoms with Crippen molar-refractivity contribution in [2.24, 2.45) is 0 Å². The standard InChI is InChI=1S/C49H30N4/c1-2-14-31(15-3-1)51-45-24-12-13-25-46(45)52(48-30-41-36-19-7-5-17-34(36)33-16-4-6-18-35(33)40(41)29-47(48)51)32-26-27-44-42(28-32)50-49-39-22-9-8-20-37(39)38-21-10-11-23-43(38)53(44)49/h1-30H. The van der Waals surface area contributed by atoms with E-state index < -0.39 is 0 Å². The van der Waals surface area contributed by atoms with E-state index >= 15 is 0 Å². The van der Waals surface area contributed by atoms with Gasteiger partial charge in [-0.05, 0) is 98.4 Å². The maximum atomic E-state index is 5.37. The Balaban J connectivity index is 1.19. The average molecular weight is 675 g/mol. The molecule has 4 nitrogen and oxygen atoms in total. The molecule has 12 rings (SSSR count). The number of aromatic nitrogens is 2. The van der Waals surface area contributed by atoms with E-state index in [0.717, 1.165) is 61.7 Å². The lowest BCUT2D eigenvalue weighted by Crippen LogP contribution is -2.24. The largest absolute Gasteiger partial charge is 0.306 e. The van der Waals surface area contributed by atoms with Crippen molar-refractivity contribution < 1.29 is 0 Å². The molecule has 0 bridgehead atoms. The third kappa shape index (κ3) is 3.92. The van der Waals surface area contributed by atoms with E-state index in [1.807, 2.05) is 0 Å². The van der Waals surface area contributed by atoms with Crippen molar-refractivity contribution in [1.82, 2.24) is 9.38 Å². The fraction of sp³-hybridized carbons (Fsp3) is 0. The molecule has 0 atom stereocenters. The fourth-order valence-corrected chi connectivity index (χ4v) is 8.96. The fourth-order valence-electron chi connectivity index (χ4n) is 8.96. The lowest BCUT2D eigenvalue weighted by molar-refractivity contribution is 1.18. The molecule has 3 heterocycles. The molecule has 2 aromatic heterocycles. The van der Waals surface area contributed by atoms with Crippen molar-refractivity contribution >= 4 is 105 Å². The number of nitrogens with zero attached hydrogens (tertiary/aromatic N) is 4. The van der Waals surface area contributed by atoms with Crippen molar-refractivity contribution in [2.75, 3.05) is 9.80 Å². The Morgan fingerprint density at radius 3 is 1.40 bits per heavy atom. The summed E-state index contributed by atoms with van der Waals surface area (Å²) in [6, 6.07) is 66.1. The molecule has 0 saturated carbocycles. The van der Waals surface area contributed by atoms with Crippen molar-refractivity contribution in [3.63, 3.8) is 0 Å². The normalized spacial score (nSPS) is 12.8. The number of benzene rings is 9. The summed E-state index contributed by atoms with van der Waals surface area (Å²) in [5, 5.41) is 11.1. The molecule has 0 radical (unpaired) electrons. The Labute approximate surface area is 305 Å². The molecule has 246 valence electrons. The maximum absolute atomic E-state index is 5.37. The molecule has 11 aromatic rings. The topological polar surface area (TPSA) is 23.8 Å². The van der Waals surface area contributed by atoms with E-state index in [0.29, 0.717) is 0 Å². The van der Waals surface area contributed by atoms with Gasteiger partial charge in [0.05, 0.1) is 39.3 Å². The molecule has 4 heteroatoms. The van der Waals surface area contributed by atoms with Crippen LogP contribution in [0.4, 0.5) is 34.1 Å². The smallest absolute Gasteiger partial charge is 0.146 e. The highest BCUT2D eigenvalue weighted by Crippen LogP contribution is 2.56. The first-order valence-electron chi connectivity index (χ1n) is 18.1. The average Bonchev–Trinajstić information content (AvgIpc) is 3.62. The Morgan fingerprint density at radius 2 is 0.774 bits per heavy atom. The summed E-state index contributed by atoms with van der Waals surface area (Å²) in [5.74, 6) is 0. The molecular formula is C49H30N4. The van der Waals surface area contributed by atoms with Crippen LogP contribution in [0.15, 0.2) is 182 Å². The van der Waals surface area contributed by atoms with Gasteiger partial charge in [0.1, 0.15) is 5.65 Å². The van der Waals surface area contributed by atoms with Crippen molar-refractivity contribution in [2.45, 2.75) is 0 Å². The Bertz CT molecular complexity index is 3310. The van der Waals surface area contributed by atoms with Crippen LogP contribution in [0.3, 0.4) is 0 Å². The highest BCUT2D eigenvalue weighted by molar-refractivity contribution is 6.27. The quantitative estimate of drug-likeness (QED) is 0.171. The summed E-state index contributed by atoms with van der Waals surface area (Å²) in [6.45, 7) is 0. The van der Waals surface area contributed by atoms with Gasteiger partial charge in [-0.2, -0.15) is 0 Å². The predicted molar refractivity (Wildman–Crippen MR) is 223 cm³/mol. The van der Waals surface area contributed by atoms with Crippen LogP contribution in [0, 0.1) is 0 Å². The number of imidazole rings is 1. The molecular weight excluding hydrogens is 645 g/mol. The summed E-state index contributed by atoms with van der Waals surface area (Å²) >= 11 is 0. The highest BCUT2D eigenvalue weighted by Gasteiger charge is 2.32. The maximum Gasteiger partial charge on any atom is 0.146 e. The van der Waals surface area contributed by atoms with Gasteiger partial charge in [0, 0.05) is 22.1 Å². The van der Waals surface area contributed by atoms with E-state index in [1.54, 1.807) is 0 Å². The molecule has 0 fully saturated rings. The van der Waals surface area contributed by atoms with Crippen molar-refractivity contribution in [1.29, 1.82) is 0 Å². The molecule has 1 aliphatic rings. The van der Waals surface area contributed by atoms with Gasteiger partial charge in [-0.25, -0.2) is 4.98 Å². The number of fused-ring (bicyclic) bond motifs is 16. The third-order valence-electron chi connectivity index (χ3n) is 11.2. The Morgan fingerprint density at radius 1 is 0.302 bits per heavy atom. The molecule has 0 unspecified atom stereocenters.